The Bertz CT molecular complexity index is 1630. The summed E-state index contributed by atoms with van der Waals surface area (Å²) >= 11 is 0. The highest BCUT2D eigenvalue weighted by atomic mass is 16.5. The van der Waals surface area contributed by atoms with Crippen LogP contribution in [0.4, 0.5) is 5.95 Å². The lowest BCUT2D eigenvalue weighted by Crippen LogP contribution is -2.30. The number of nitrogens with one attached hydrogen (secondary N) is 1. The number of amides is 1. The number of nitrogens with zero attached hydrogens (tertiary/aromatic N) is 2. The Morgan fingerprint density at radius 3 is 2.23 bits per heavy atom. The number of aromatic amines is 1. The number of para-hydroxylation sites is 2. The second kappa shape index (κ2) is 10.1. The number of benzene rings is 3. The van der Waals surface area contributed by atoms with Gasteiger partial charge in [-0.3, -0.25) is 14.5 Å². The van der Waals surface area contributed by atoms with E-state index in [2.05, 4.69) is 9.97 Å². The maximum Gasteiger partial charge on any atom is 0.302 e. The Labute approximate surface area is 232 Å². The molecule has 0 aliphatic carbocycles. The molecule has 1 unspecified atom stereocenters. The van der Waals surface area contributed by atoms with E-state index in [1.54, 1.807) is 43.5 Å². The Balaban J connectivity index is 1.76. The van der Waals surface area contributed by atoms with Crippen LogP contribution in [0.5, 0.6) is 17.2 Å². The molecular formula is C31H31N3O6. The Morgan fingerprint density at radius 2 is 1.57 bits per heavy atom. The normalized spacial score (nSPS) is 16.9. The van der Waals surface area contributed by atoms with Gasteiger partial charge < -0.3 is 24.3 Å². The van der Waals surface area contributed by atoms with Crippen LogP contribution in [0.3, 0.4) is 0 Å². The quantitative estimate of drug-likeness (QED) is 0.188. The fourth-order valence-corrected chi connectivity index (χ4v) is 5.04. The van der Waals surface area contributed by atoms with Crippen molar-refractivity contribution in [1.29, 1.82) is 0 Å². The first-order chi connectivity index (χ1) is 19.1. The lowest BCUT2D eigenvalue weighted by atomic mass is 9.84. The molecule has 1 amide bonds. The first-order valence-corrected chi connectivity index (χ1v) is 12.8. The average molecular weight is 542 g/mol. The third-order valence-electron chi connectivity index (χ3n) is 7.05. The number of ether oxygens (including phenoxy) is 3. The van der Waals surface area contributed by atoms with Crippen molar-refractivity contribution in [2.24, 2.45) is 0 Å². The van der Waals surface area contributed by atoms with Crippen molar-refractivity contribution in [2.75, 3.05) is 26.2 Å². The molecule has 40 heavy (non-hydrogen) atoms. The highest BCUT2D eigenvalue weighted by molar-refractivity contribution is 6.51. The van der Waals surface area contributed by atoms with E-state index < -0.39 is 17.7 Å². The third kappa shape index (κ3) is 4.43. The van der Waals surface area contributed by atoms with Gasteiger partial charge in [0, 0.05) is 11.1 Å². The van der Waals surface area contributed by atoms with Crippen LogP contribution in [-0.2, 0) is 15.0 Å². The molecular weight excluding hydrogens is 510 g/mol. The molecule has 0 bridgehead atoms. The fraction of sp³-hybridized carbons (Fsp3) is 0.258. The lowest BCUT2D eigenvalue weighted by molar-refractivity contribution is -0.132. The summed E-state index contributed by atoms with van der Waals surface area (Å²) in [5, 5.41) is 11.7. The number of aliphatic hydroxyl groups is 1. The molecule has 1 fully saturated rings. The Kier molecular flexibility index (Phi) is 6.75. The first kappa shape index (κ1) is 26.8. The number of H-pyrrole nitrogens is 1. The summed E-state index contributed by atoms with van der Waals surface area (Å²) in [6.07, 6.45) is 0. The largest absolute Gasteiger partial charge is 0.507 e. The third-order valence-corrected chi connectivity index (χ3v) is 7.05. The van der Waals surface area contributed by atoms with Gasteiger partial charge in [0.15, 0.2) is 11.5 Å². The molecule has 206 valence electrons. The van der Waals surface area contributed by atoms with Crippen molar-refractivity contribution in [2.45, 2.75) is 32.2 Å². The van der Waals surface area contributed by atoms with E-state index in [4.69, 9.17) is 14.2 Å². The maximum atomic E-state index is 13.7. The van der Waals surface area contributed by atoms with Crippen LogP contribution in [-0.4, -0.2) is 48.1 Å². The summed E-state index contributed by atoms with van der Waals surface area (Å²) in [6, 6.07) is 16.6. The van der Waals surface area contributed by atoms with Gasteiger partial charge in [0.1, 0.15) is 11.5 Å². The number of hydrogen-bond acceptors (Lipinski definition) is 7. The number of hydrogen-bond donors (Lipinski definition) is 2. The fourth-order valence-electron chi connectivity index (χ4n) is 5.04. The summed E-state index contributed by atoms with van der Waals surface area (Å²) in [5.74, 6) is -0.206. The molecule has 2 heterocycles. The minimum atomic E-state index is -0.999. The standard InChI is InChI=1S/C31H31N3O6/c1-31(2,3)19-15-18(12-13-22(19)38-4)27(35)25-26(17-11-14-23(39-5)24(16-17)40-6)34(29(37)28(25)36)30-32-20-9-7-8-10-21(20)33-30/h7-16,26,35H,1-6H3,(H,32,33)/b27-25+. The van der Waals surface area contributed by atoms with Gasteiger partial charge >= 0.3 is 5.91 Å². The number of carbonyl (C=O) groups is 2. The molecule has 3 aromatic carbocycles. The zero-order valence-electron chi connectivity index (χ0n) is 23.2. The number of aliphatic hydroxyl groups excluding tert-OH is 1. The maximum absolute atomic E-state index is 13.7. The highest BCUT2D eigenvalue weighted by Gasteiger charge is 2.48. The predicted molar refractivity (Wildman–Crippen MR) is 152 cm³/mol. The van der Waals surface area contributed by atoms with E-state index in [0.29, 0.717) is 39.4 Å². The number of methoxy groups -OCH3 is 3. The highest BCUT2D eigenvalue weighted by Crippen LogP contribution is 2.44. The first-order valence-electron chi connectivity index (χ1n) is 12.8. The second-order valence-corrected chi connectivity index (χ2v) is 10.5. The molecule has 0 spiro atoms. The molecule has 1 saturated heterocycles. The lowest BCUT2D eigenvalue weighted by Gasteiger charge is -2.25. The Morgan fingerprint density at radius 1 is 0.900 bits per heavy atom. The van der Waals surface area contributed by atoms with Gasteiger partial charge in [-0.1, -0.05) is 39.0 Å². The van der Waals surface area contributed by atoms with Crippen LogP contribution in [0.2, 0.25) is 0 Å². The van der Waals surface area contributed by atoms with E-state index in [0.717, 1.165) is 5.56 Å². The molecule has 2 N–H and O–H groups in total. The number of aromatic nitrogens is 2. The van der Waals surface area contributed by atoms with Crippen molar-refractivity contribution in [3.63, 3.8) is 0 Å². The molecule has 9 nitrogen and oxygen atoms in total. The minimum Gasteiger partial charge on any atom is -0.507 e. The van der Waals surface area contributed by atoms with Crippen molar-refractivity contribution < 1.29 is 28.9 Å². The summed E-state index contributed by atoms with van der Waals surface area (Å²) in [5.41, 5.74) is 2.72. The second-order valence-electron chi connectivity index (χ2n) is 10.5. The molecule has 5 rings (SSSR count). The van der Waals surface area contributed by atoms with Gasteiger partial charge in [-0.05, 0) is 53.4 Å². The van der Waals surface area contributed by atoms with Crippen LogP contribution >= 0.6 is 0 Å². The van der Waals surface area contributed by atoms with Gasteiger partial charge in [0.2, 0.25) is 5.95 Å². The molecule has 0 radical (unpaired) electrons. The van der Waals surface area contributed by atoms with Crippen molar-refractivity contribution in [3.8, 4) is 17.2 Å². The predicted octanol–water partition coefficient (Wildman–Crippen LogP) is 5.51. The molecule has 0 saturated carbocycles. The number of Topliss-reactive ketones (excluding diaryl/α,β-unsaturated/α-hetero) is 1. The van der Waals surface area contributed by atoms with E-state index in [9.17, 15) is 14.7 Å². The van der Waals surface area contributed by atoms with Crippen molar-refractivity contribution in [3.05, 3.63) is 82.9 Å². The summed E-state index contributed by atoms with van der Waals surface area (Å²) in [7, 11) is 4.61. The SMILES string of the molecule is COc1ccc(C2/C(=C(\O)c3ccc(OC)c(C(C)(C)C)c3)C(=O)C(=O)N2c2nc3ccccc3[nH]2)cc1OC. The van der Waals surface area contributed by atoms with Crippen LogP contribution in [0, 0.1) is 0 Å². The molecule has 1 atom stereocenters. The number of anilines is 1. The van der Waals surface area contributed by atoms with Gasteiger partial charge in [-0.2, -0.15) is 0 Å². The zero-order chi connectivity index (χ0) is 28.8. The number of fused-ring (bicyclic) bond motifs is 1. The smallest absolute Gasteiger partial charge is 0.302 e. The van der Waals surface area contributed by atoms with E-state index >= 15 is 0 Å². The van der Waals surface area contributed by atoms with Crippen LogP contribution < -0.4 is 19.1 Å². The van der Waals surface area contributed by atoms with Gasteiger partial charge in [-0.25, -0.2) is 4.98 Å². The summed E-state index contributed by atoms with van der Waals surface area (Å²) < 4.78 is 16.4. The number of carbonyl (C=O) groups excluding carboxylic acids is 2. The molecule has 9 heteroatoms. The monoisotopic (exact) mass is 541 g/mol. The molecule has 4 aromatic rings. The van der Waals surface area contributed by atoms with Crippen molar-refractivity contribution >= 4 is 34.4 Å². The summed E-state index contributed by atoms with van der Waals surface area (Å²) in [4.78, 5) is 36.3. The molecule has 1 aromatic heterocycles. The summed E-state index contributed by atoms with van der Waals surface area (Å²) in [6.45, 7) is 6.08. The number of rotatable bonds is 6. The molecule has 1 aliphatic rings. The molecule has 1 aliphatic heterocycles. The van der Waals surface area contributed by atoms with Gasteiger partial charge in [0.05, 0.1) is 44.0 Å². The number of ketones is 1. The number of imidazole rings is 1. The topological polar surface area (TPSA) is 114 Å². The van der Waals surface area contributed by atoms with Gasteiger partial charge in [0.25, 0.3) is 5.78 Å². The van der Waals surface area contributed by atoms with Crippen LogP contribution in [0.25, 0.3) is 16.8 Å². The average Bonchev–Trinajstić information content (AvgIpc) is 3.49. The zero-order valence-corrected chi connectivity index (χ0v) is 23.2. The van der Waals surface area contributed by atoms with E-state index in [-0.39, 0.29) is 22.7 Å². The minimum absolute atomic E-state index is 0.0669. The van der Waals surface area contributed by atoms with Crippen LogP contribution in [0.1, 0.15) is 43.5 Å². The van der Waals surface area contributed by atoms with Gasteiger partial charge in [-0.15, -0.1) is 0 Å². The van der Waals surface area contributed by atoms with E-state index in [1.165, 1.54) is 19.1 Å². The van der Waals surface area contributed by atoms with E-state index in [1.807, 2.05) is 45.0 Å². The van der Waals surface area contributed by atoms with Crippen LogP contribution in [0.15, 0.2) is 66.2 Å². The van der Waals surface area contributed by atoms with Crippen molar-refractivity contribution in [1.82, 2.24) is 9.97 Å². The Hall–Kier alpha value is -4.79.